The van der Waals surface area contributed by atoms with Gasteiger partial charge in [-0.1, -0.05) is 6.42 Å². The number of nitrogens with one attached hydrogen (secondary N) is 2. The second-order valence-corrected chi connectivity index (χ2v) is 4.43. The van der Waals surface area contributed by atoms with Gasteiger partial charge in [0, 0.05) is 6.54 Å². The number of carboxylic acids is 1. The summed E-state index contributed by atoms with van der Waals surface area (Å²) < 4.78 is 5.01. The van der Waals surface area contributed by atoms with Gasteiger partial charge in [-0.25, -0.2) is 9.59 Å². The number of hydrogen-bond donors (Lipinski definition) is 3. The van der Waals surface area contributed by atoms with Gasteiger partial charge in [0.1, 0.15) is 5.76 Å². The number of furan rings is 1. The van der Waals surface area contributed by atoms with Crippen LogP contribution in [0.5, 0.6) is 0 Å². The van der Waals surface area contributed by atoms with E-state index >= 15 is 0 Å². The molecule has 1 fully saturated rings. The third-order valence-electron chi connectivity index (χ3n) is 3.07. The van der Waals surface area contributed by atoms with E-state index in [9.17, 15) is 9.59 Å². The van der Waals surface area contributed by atoms with Crippen LogP contribution in [0.2, 0.25) is 0 Å². The van der Waals surface area contributed by atoms with Crippen LogP contribution in [-0.2, 0) is 6.54 Å². The molecule has 1 aromatic heterocycles. The predicted octanol–water partition coefficient (Wildman–Crippen LogP) is 1.58. The van der Waals surface area contributed by atoms with Crippen molar-refractivity contribution < 1.29 is 19.1 Å². The first-order valence-corrected chi connectivity index (χ1v) is 5.99. The standard InChI is InChI=1S/C12H16N2O4/c15-11(16)10-5-4-9(18-10)7-14-12(17)13-6-8-2-1-3-8/h4-5,8H,1-3,6-7H2,(H,15,16)(H2,13,14,17). The molecule has 0 saturated heterocycles. The van der Waals surface area contributed by atoms with E-state index in [0.717, 1.165) is 0 Å². The fourth-order valence-corrected chi connectivity index (χ4v) is 1.75. The van der Waals surface area contributed by atoms with Crippen molar-refractivity contribution in [1.29, 1.82) is 0 Å². The molecular formula is C12H16N2O4. The zero-order valence-electron chi connectivity index (χ0n) is 9.94. The topological polar surface area (TPSA) is 91.6 Å². The summed E-state index contributed by atoms with van der Waals surface area (Å²) in [6, 6.07) is 2.65. The van der Waals surface area contributed by atoms with Crippen LogP contribution >= 0.6 is 0 Å². The monoisotopic (exact) mass is 252 g/mol. The van der Waals surface area contributed by atoms with Crippen molar-refractivity contribution >= 4 is 12.0 Å². The van der Waals surface area contributed by atoms with Crippen molar-refractivity contribution in [3.05, 3.63) is 23.7 Å². The molecule has 2 rings (SSSR count). The Kier molecular flexibility index (Phi) is 3.86. The summed E-state index contributed by atoms with van der Waals surface area (Å²) >= 11 is 0. The van der Waals surface area contributed by atoms with E-state index in [1.54, 1.807) is 0 Å². The molecule has 1 aliphatic rings. The maximum atomic E-state index is 11.4. The molecule has 0 aliphatic heterocycles. The maximum Gasteiger partial charge on any atom is 0.371 e. The van der Waals surface area contributed by atoms with E-state index in [0.29, 0.717) is 18.2 Å². The third-order valence-corrected chi connectivity index (χ3v) is 3.07. The lowest BCUT2D eigenvalue weighted by Gasteiger charge is -2.25. The summed E-state index contributed by atoms with van der Waals surface area (Å²) in [4.78, 5) is 22.0. The van der Waals surface area contributed by atoms with E-state index in [2.05, 4.69) is 10.6 Å². The number of carbonyl (C=O) groups is 2. The zero-order valence-corrected chi connectivity index (χ0v) is 9.94. The molecule has 6 nitrogen and oxygen atoms in total. The molecule has 0 atom stereocenters. The number of rotatable bonds is 5. The molecule has 1 aliphatic carbocycles. The summed E-state index contributed by atoms with van der Waals surface area (Å²) in [5.41, 5.74) is 0. The van der Waals surface area contributed by atoms with Crippen LogP contribution in [0.3, 0.4) is 0 Å². The third kappa shape index (κ3) is 3.26. The number of hydrogen-bond acceptors (Lipinski definition) is 3. The van der Waals surface area contributed by atoms with Crippen molar-refractivity contribution in [2.75, 3.05) is 6.54 Å². The highest BCUT2D eigenvalue weighted by molar-refractivity contribution is 5.84. The zero-order chi connectivity index (χ0) is 13.0. The highest BCUT2D eigenvalue weighted by atomic mass is 16.4. The second kappa shape index (κ2) is 5.57. The van der Waals surface area contributed by atoms with Crippen molar-refractivity contribution in [3.8, 4) is 0 Å². The first kappa shape index (κ1) is 12.5. The van der Waals surface area contributed by atoms with Crippen molar-refractivity contribution in [2.24, 2.45) is 5.92 Å². The smallest absolute Gasteiger partial charge is 0.371 e. The minimum absolute atomic E-state index is 0.123. The minimum atomic E-state index is -1.12. The van der Waals surface area contributed by atoms with Gasteiger partial charge in [-0.3, -0.25) is 0 Å². The molecule has 0 spiro atoms. The average Bonchev–Trinajstić information content (AvgIpc) is 2.73. The van der Waals surface area contributed by atoms with E-state index in [1.165, 1.54) is 31.4 Å². The quantitative estimate of drug-likeness (QED) is 0.741. The largest absolute Gasteiger partial charge is 0.475 e. The Morgan fingerprint density at radius 3 is 2.67 bits per heavy atom. The van der Waals surface area contributed by atoms with Crippen LogP contribution in [0.25, 0.3) is 0 Å². The summed E-state index contributed by atoms with van der Waals surface area (Å²) in [7, 11) is 0. The van der Waals surface area contributed by atoms with Crippen LogP contribution < -0.4 is 10.6 Å². The molecule has 1 saturated carbocycles. The van der Waals surface area contributed by atoms with E-state index in [-0.39, 0.29) is 18.3 Å². The Hall–Kier alpha value is -1.98. The summed E-state index contributed by atoms with van der Waals surface area (Å²) in [5, 5.41) is 14.1. The SMILES string of the molecule is O=C(NCc1ccc(C(=O)O)o1)NCC1CCC1. The Morgan fingerprint density at radius 1 is 1.33 bits per heavy atom. The van der Waals surface area contributed by atoms with Crippen molar-refractivity contribution in [2.45, 2.75) is 25.8 Å². The Labute approximate surface area is 104 Å². The number of amides is 2. The highest BCUT2D eigenvalue weighted by Crippen LogP contribution is 2.24. The van der Waals surface area contributed by atoms with Crippen LogP contribution in [0.15, 0.2) is 16.5 Å². The fourth-order valence-electron chi connectivity index (χ4n) is 1.75. The molecular weight excluding hydrogens is 236 g/mol. The van der Waals surface area contributed by atoms with Crippen molar-refractivity contribution in [1.82, 2.24) is 10.6 Å². The molecule has 0 unspecified atom stereocenters. The Morgan fingerprint density at radius 2 is 2.11 bits per heavy atom. The van der Waals surface area contributed by atoms with Gasteiger partial charge in [-0.15, -0.1) is 0 Å². The number of carboxylic acid groups (broad SMARTS) is 1. The first-order valence-electron chi connectivity index (χ1n) is 5.99. The number of carbonyl (C=O) groups excluding carboxylic acids is 1. The lowest BCUT2D eigenvalue weighted by molar-refractivity contribution is 0.0660. The van der Waals surface area contributed by atoms with Gasteiger partial charge in [0.2, 0.25) is 5.76 Å². The molecule has 18 heavy (non-hydrogen) atoms. The molecule has 2 amide bonds. The molecule has 0 radical (unpaired) electrons. The normalized spacial score (nSPS) is 14.9. The highest BCUT2D eigenvalue weighted by Gasteiger charge is 2.17. The molecule has 6 heteroatoms. The van der Waals surface area contributed by atoms with Gasteiger partial charge >= 0.3 is 12.0 Å². The molecule has 0 bridgehead atoms. The summed E-state index contributed by atoms with van der Waals surface area (Å²) in [5.74, 6) is -0.207. The van der Waals surface area contributed by atoms with E-state index in [4.69, 9.17) is 9.52 Å². The number of aromatic carboxylic acids is 1. The van der Waals surface area contributed by atoms with Crippen molar-refractivity contribution in [3.63, 3.8) is 0 Å². The van der Waals surface area contributed by atoms with Crippen LogP contribution in [0, 0.1) is 5.92 Å². The lowest BCUT2D eigenvalue weighted by Crippen LogP contribution is -2.39. The van der Waals surface area contributed by atoms with E-state index < -0.39 is 5.97 Å². The van der Waals surface area contributed by atoms with Gasteiger partial charge in [0.25, 0.3) is 0 Å². The molecule has 1 heterocycles. The average molecular weight is 252 g/mol. The molecule has 0 aromatic carbocycles. The maximum absolute atomic E-state index is 11.4. The fraction of sp³-hybridized carbons (Fsp3) is 0.500. The van der Waals surface area contributed by atoms with Gasteiger partial charge in [0.15, 0.2) is 0 Å². The summed E-state index contributed by atoms with van der Waals surface area (Å²) in [6.45, 7) is 0.883. The van der Waals surface area contributed by atoms with Crippen LogP contribution in [-0.4, -0.2) is 23.7 Å². The first-order chi connectivity index (χ1) is 8.65. The van der Waals surface area contributed by atoms with Gasteiger partial charge in [0.05, 0.1) is 6.54 Å². The summed E-state index contributed by atoms with van der Waals surface area (Å²) in [6.07, 6.45) is 3.61. The Balaban J connectivity index is 1.69. The van der Waals surface area contributed by atoms with E-state index in [1.807, 2.05) is 0 Å². The van der Waals surface area contributed by atoms with Gasteiger partial charge < -0.3 is 20.2 Å². The molecule has 3 N–H and O–H groups in total. The predicted molar refractivity (Wildman–Crippen MR) is 63.2 cm³/mol. The van der Waals surface area contributed by atoms with Gasteiger partial charge in [-0.05, 0) is 30.9 Å². The number of urea groups is 1. The minimum Gasteiger partial charge on any atom is -0.475 e. The molecule has 1 aromatic rings. The second-order valence-electron chi connectivity index (χ2n) is 4.43. The molecule has 98 valence electrons. The lowest BCUT2D eigenvalue weighted by atomic mass is 9.85. The Bertz CT molecular complexity index is 437. The van der Waals surface area contributed by atoms with Crippen LogP contribution in [0.1, 0.15) is 35.6 Å². The van der Waals surface area contributed by atoms with Crippen LogP contribution in [0.4, 0.5) is 4.79 Å². The van der Waals surface area contributed by atoms with Gasteiger partial charge in [-0.2, -0.15) is 0 Å².